The summed E-state index contributed by atoms with van der Waals surface area (Å²) in [6.07, 6.45) is 0. The van der Waals surface area contributed by atoms with Crippen LogP contribution in [0.25, 0.3) is 0 Å². The highest BCUT2D eigenvalue weighted by atomic mass is 19.1. The third-order valence-electron chi connectivity index (χ3n) is 2.91. The molecule has 1 aromatic heterocycles. The van der Waals surface area contributed by atoms with E-state index in [0.717, 1.165) is 0 Å². The van der Waals surface area contributed by atoms with Crippen molar-refractivity contribution in [3.63, 3.8) is 0 Å². The van der Waals surface area contributed by atoms with Gasteiger partial charge in [-0.1, -0.05) is 17.3 Å². The largest absolute Gasteiger partial charge is 0.409 e. The molecular weight excluding hydrogens is 273 g/mol. The van der Waals surface area contributed by atoms with Crippen LogP contribution >= 0.6 is 0 Å². The Morgan fingerprint density at radius 1 is 1.38 bits per heavy atom. The van der Waals surface area contributed by atoms with E-state index >= 15 is 0 Å². The standard InChI is InChI=1S/C14H16FN5O/c1-3-20(12-7-5-4-6-10(12)15)14-17-9(2)8-11(18-14)13(16)19-21/h4-8,21H,3H2,1-2H3,(H2,16,19). The van der Waals surface area contributed by atoms with Crippen LogP contribution in [0.1, 0.15) is 18.3 Å². The van der Waals surface area contributed by atoms with Crippen molar-refractivity contribution in [2.24, 2.45) is 10.9 Å². The number of hydrogen-bond acceptors (Lipinski definition) is 5. The Balaban J connectivity index is 2.53. The lowest BCUT2D eigenvalue weighted by atomic mass is 10.2. The number of anilines is 2. The topological polar surface area (TPSA) is 87.6 Å². The average Bonchev–Trinajstić information content (AvgIpc) is 2.48. The van der Waals surface area contributed by atoms with Crippen molar-refractivity contribution in [1.82, 2.24) is 9.97 Å². The quantitative estimate of drug-likeness (QED) is 0.390. The summed E-state index contributed by atoms with van der Waals surface area (Å²) in [5.74, 6) is -0.189. The number of para-hydroxylation sites is 1. The number of amidine groups is 1. The zero-order valence-corrected chi connectivity index (χ0v) is 11.8. The lowest BCUT2D eigenvalue weighted by molar-refractivity contribution is 0.318. The van der Waals surface area contributed by atoms with Crippen molar-refractivity contribution >= 4 is 17.5 Å². The second-order valence-electron chi connectivity index (χ2n) is 4.38. The van der Waals surface area contributed by atoms with Gasteiger partial charge in [-0.3, -0.25) is 0 Å². The second kappa shape index (κ2) is 6.17. The Bertz CT molecular complexity index is 674. The summed E-state index contributed by atoms with van der Waals surface area (Å²) in [7, 11) is 0. The maximum atomic E-state index is 14.0. The fourth-order valence-electron chi connectivity index (χ4n) is 1.95. The molecule has 0 aliphatic rings. The lowest BCUT2D eigenvalue weighted by Crippen LogP contribution is -2.23. The van der Waals surface area contributed by atoms with Crippen LogP contribution in [0.5, 0.6) is 0 Å². The molecule has 2 aromatic rings. The molecule has 0 spiro atoms. The predicted molar refractivity (Wildman–Crippen MR) is 78.4 cm³/mol. The van der Waals surface area contributed by atoms with Crippen molar-refractivity contribution in [2.45, 2.75) is 13.8 Å². The van der Waals surface area contributed by atoms with Gasteiger partial charge in [0.25, 0.3) is 0 Å². The van der Waals surface area contributed by atoms with Gasteiger partial charge in [0.2, 0.25) is 5.95 Å². The summed E-state index contributed by atoms with van der Waals surface area (Å²) in [6, 6.07) is 7.96. The Morgan fingerprint density at radius 3 is 2.71 bits per heavy atom. The third kappa shape index (κ3) is 3.07. The van der Waals surface area contributed by atoms with E-state index in [1.165, 1.54) is 6.07 Å². The van der Waals surface area contributed by atoms with Crippen LogP contribution in [0.2, 0.25) is 0 Å². The van der Waals surface area contributed by atoms with Gasteiger partial charge >= 0.3 is 0 Å². The second-order valence-corrected chi connectivity index (χ2v) is 4.38. The van der Waals surface area contributed by atoms with Gasteiger partial charge in [0.1, 0.15) is 11.5 Å². The van der Waals surface area contributed by atoms with Crippen LogP contribution in [0.4, 0.5) is 16.0 Å². The van der Waals surface area contributed by atoms with E-state index in [9.17, 15) is 4.39 Å². The molecule has 6 nitrogen and oxygen atoms in total. The van der Waals surface area contributed by atoms with Crippen molar-refractivity contribution in [1.29, 1.82) is 0 Å². The summed E-state index contributed by atoms with van der Waals surface area (Å²) < 4.78 is 14.0. The van der Waals surface area contributed by atoms with Gasteiger partial charge in [-0.15, -0.1) is 0 Å². The minimum Gasteiger partial charge on any atom is -0.409 e. The number of nitrogens with zero attached hydrogens (tertiary/aromatic N) is 4. The molecule has 0 aliphatic heterocycles. The molecule has 0 aliphatic carbocycles. The van der Waals surface area contributed by atoms with E-state index in [4.69, 9.17) is 10.9 Å². The molecule has 1 heterocycles. The molecule has 3 N–H and O–H groups in total. The number of benzene rings is 1. The Hall–Kier alpha value is -2.70. The van der Waals surface area contributed by atoms with E-state index in [-0.39, 0.29) is 17.3 Å². The highest BCUT2D eigenvalue weighted by molar-refractivity contribution is 5.95. The molecule has 0 fully saturated rings. The van der Waals surface area contributed by atoms with Gasteiger partial charge in [0, 0.05) is 12.2 Å². The van der Waals surface area contributed by atoms with Crippen LogP contribution in [0, 0.1) is 12.7 Å². The van der Waals surface area contributed by atoms with Gasteiger partial charge in [0.15, 0.2) is 5.84 Å². The van der Waals surface area contributed by atoms with Crippen LogP contribution in [0.3, 0.4) is 0 Å². The average molecular weight is 289 g/mol. The zero-order chi connectivity index (χ0) is 15.4. The smallest absolute Gasteiger partial charge is 0.230 e. The van der Waals surface area contributed by atoms with Crippen LogP contribution in [-0.2, 0) is 0 Å². The maximum absolute atomic E-state index is 14.0. The summed E-state index contributed by atoms with van der Waals surface area (Å²) in [4.78, 5) is 10.1. The molecule has 7 heteroatoms. The number of hydrogen-bond donors (Lipinski definition) is 2. The van der Waals surface area contributed by atoms with Gasteiger partial charge in [0.05, 0.1) is 5.69 Å². The molecule has 21 heavy (non-hydrogen) atoms. The summed E-state index contributed by atoms with van der Waals surface area (Å²) in [5.41, 5.74) is 6.85. The van der Waals surface area contributed by atoms with Crippen molar-refractivity contribution in [3.05, 3.63) is 47.5 Å². The number of aromatic nitrogens is 2. The fraction of sp³-hybridized carbons (Fsp3) is 0.214. The minimum absolute atomic E-state index is 0.119. The highest BCUT2D eigenvalue weighted by Crippen LogP contribution is 2.25. The van der Waals surface area contributed by atoms with Crippen molar-refractivity contribution in [2.75, 3.05) is 11.4 Å². The monoisotopic (exact) mass is 289 g/mol. The van der Waals surface area contributed by atoms with E-state index in [1.807, 2.05) is 6.92 Å². The molecule has 0 saturated carbocycles. The van der Waals surface area contributed by atoms with Gasteiger partial charge in [-0.2, -0.15) is 0 Å². The zero-order valence-electron chi connectivity index (χ0n) is 11.8. The first kappa shape index (κ1) is 14.7. The fourth-order valence-corrected chi connectivity index (χ4v) is 1.95. The van der Waals surface area contributed by atoms with Crippen LogP contribution < -0.4 is 10.6 Å². The van der Waals surface area contributed by atoms with Crippen LogP contribution in [-0.4, -0.2) is 27.6 Å². The minimum atomic E-state index is -0.366. The van der Waals surface area contributed by atoms with Crippen molar-refractivity contribution in [3.8, 4) is 0 Å². The molecule has 0 bridgehead atoms. The molecule has 2 rings (SSSR count). The first-order chi connectivity index (χ1) is 10.1. The van der Waals surface area contributed by atoms with Gasteiger partial charge in [-0.25, -0.2) is 14.4 Å². The normalized spacial score (nSPS) is 11.5. The molecule has 0 radical (unpaired) electrons. The highest BCUT2D eigenvalue weighted by Gasteiger charge is 2.16. The molecule has 0 amide bonds. The molecule has 0 saturated heterocycles. The Kier molecular flexibility index (Phi) is 4.32. The number of nitrogens with two attached hydrogens (primary N) is 1. The Labute approximate surface area is 121 Å². The number of halogens is 1. The summed E-state index contributed by atoms with van der Waals surface area (Å²) in [5, 5.41) is 11.7. The lowest BCUT2D eigenvalue weighted by Gasteiger charge is -2.22. The number of oxime groups is 1. The van der Waals surface area contributed by atoms with Crippen LogP contribution in [0.15, 0.2) is 35.5 Å². The summed E-state index contributed by atoms with van der Waals surface area (Å²) >= 11 is 0. The number of rotatable bonds is 4. The molecule has 0 unspecified atom stereocenters. The Morgan fingerprint density at radius 2 is 2.10 bits per heavy atom. The van der Waals surface area contributed by atoms with Crippen molar-refractivity contribution < 1.29 is 9.60 Å². The van der Waals surface area contributed by atoms with E-state index in [1.54, 1.807) is 36.1 Å². The molecular formula is C14H16FN5O. The SMILES string of the molecule is CCN(c1nc(C)cc(/C(N)=N/O)n1)c1ccccc1F. The third-order valence-corrected chi connectivity index (χ3v) is 2.91. The van der Waals surface area contributed by atoms with E-state index in [2.05, 4.69) is 15.1 Å². The first-order valence-electron chi connectivity index (χ1n) is 6.42. The van der Waals surface area contributed by atoms with E-state index < -0.39 is 0 Å². The number of aryl methyl sites for hydroxylation is 1. The maximum Gasteiger partial charge on any atom is 0.230 e. The predicted octanol–water partition coefficient (Wildman–Crippen LogP) is 2.18. The molecule has 1 aromatic carbocycles. The first-order valence-corrected chi connectivity index (χ1v) is 6.42. The van der Waals surface area contributed by atoms with E-state index in [0.29, 0.717) is 23.9 Å². The molecule has 0 atom stereocenters. The molecule has 110 valence electrons. The summed E-state index contributed by atoms with van der Waals surface area (Å²) in [6.45, 7) is 4.09. The van der Waals surface area contributed by atoms with Gasteiger partial charge < -0.3 is 15.8 Å². The van der Waals surface area contributed by atoms with Gasteiger partial charge in [-0.05, 0) is 32.0 Å².